The molecule has 11 nitrogen and oxygen atoms in total. The van der Waals surface area contributed by atoms with Crippen LogP contribution in [0.2, 0.25) is 4.34 Å². The van der Waals surface area contributed by atoms with Crippen LogP contribution >= 0.6 is 22.9 Å². The molecule has 1 amide bonds. The predicted octanol–water partition coefficient (Wildman–Crippen LogP) is 4.56. The van der Waals surface area contributed by atoms with E-state index in [9.17, 15) is 30.8 Å². The second-order valence-electron chi connectivity index (χ2n) is 9.66. The van der Waals surface area contributed by atoms with Crippen LogP contribution in [0.1, 0.15) is 17.5 Å². The van der Waals surface area contributed by atoms with Gasteiger partial charge in [0, 0.05) is 19.5 Å². The number of carboxylic acids is 1. The van der Waals surface area contributed by atoms with E-state index in [2.05, 4.69) is 20.5 Å². The molecule has 2 atom stereocenters. The molecular weight excluding hydrogens is 666 g/mol. The lowest BCUT2D eigenvalue weighted by atomic mass is 10.1. The van der Waals surface area contributed by atoms with Crippen LogP contribution in [0.3, 0.4) is 0 Å². The standard InChI is InChI=1S/C25H25ClFN5O4S2.C2HF3O2/c1-36-20-7-3-6-19-23(20)24(31-38(34,35)22-9-8-21(26)37-22)30-32(19)14-16-5-2-4-15(10-16)12-29-25(33)18-11-17(27)13-28-18;3-2(4,5)1(6)7/h2-10,17-18,28H,11-14H2,1H3,(H,29,33)(H,30,31);(H,6,7)/t17-,18+;/m1./s1. The number of hydrogen-bond acceptors (Lipinski definition) is 8. The van der Waals surface area contributed by atoms with Gasteiger partial charge in [-0.15, -0.1) is 11.3 Å². The van der Waals surface area contributed by atoms with Gasteiger partial charge in [0.1, 0.15) is 16.1 Å². The number of alkyl halides is 4. The number of amides is 1. The number of rotatable bonds is 9. The molecule has 3 heterocycles. The molecule has 18 heteroatoms. The Morgan fingerprint density at radius 2 is 1.87 bits per heavy atom. The van der Waals surface area contributed by atoms with Gasteiger partial charge in [-0.1, -0.05) is 41.9 Å². The molecule has 0 aliphatic carbocycles. The minimum atomic E-state index is -5.08. The summed E-state index contributed by atoms with van der Waals surface area (Å²) in [7, 11) is -2.41. The third-order valence-electron chi connectivity index (χ3n) is 6.43. The lowest BCUT2D eigenvalue weighted by Crippen LogP contribution is -2.40. The van der Waals surface area contributed by atoms with Gasteiger partial charge in [-0.05, 0) is 35.4 Å². The highest BCUT2D eigenvalue weighted by Gasteiger charge is 2.38. The third-order valence-corrected chi connectivity index (χ3v) is 9.49. The molecule has 2 aromatic carbocycles. The highest BCUT2D eigenvalue weighted by molar-refractivity contribution is 7.94. The van der Waals surface area contributed by atoms with Crippen LogP contribution in [-0.2, 0) is 32.7 Å². The van der Waals surface area contributed by atoms with E-state index in [0.717, 1.165) is 22.5 Å². The average Bonchev–Trinajstić information content (AvgIpc) is 3.71. The molecule has 1 aliphatic heterocycles. The van der Waals surface area contributed by atoms with E-state index >= 15 is 0 Å². The van der Waals surface area contributed by atoms with Crippen LogP contribution in [0, 0.1) is 0 Å². The summed E-state index contributed by atoms with van der Waals surface area (Å²) in [5, 5.41) is 18.0. The van der Waals surface area contributed by atoms with E-state index in [-0.39, 0.29) is 28.9 Å². The highest BCUT2D eigenvalue weighted by atomic mass is 35.5. The molecule has 0 radical (unpaired) electrons. The lowest BCUT2D eigenvalue weighted by Gasteiger charge is -2.12. The molecule has 0 bridgehead atoms. The molecule has 2 aromatic heterocycles. The number of carbonyl (C=O) groups is 2. The maximum absolute atomic E-state index is 13.4. The maximum atomic E-state index is 13.4. The number of fused-ring (bicyclic) bond motifs is 1. The zero-order chi connectivity index (χ0) is 32.9. The normalized spacial score (nSPS) is 16.6. The Labute approximate surface area is 263 Å². The summed E-state index contributed by atoms with van der Waals surface area (Å²) in [4.78, 5) is 21.2. The van der Waals surface area contributed by atoms with E-state index in [1.54, 1.807) is 10.7 Å². The largest absolute Gasteiger partial charge is 0.496 e. The van der Waals surface area contributed by atoms with Crippen LogP contribution in [0.4, 0.5) is 23.4 Å². The third kappa shape index (κ3) is 8.62. The first-order chi connectivity index (χ1) is 21.2. The Bertz CT molecular complexity index is 1800. The first kappa shape index (κ1) is 34.0. The fourth-order valence-electron chi connectivity index (χ4n) is 4.39. The molecule has 1 aliphatic rings. The Hall–Kier alpha value is -3.93. The van der Waals surface area contributed by atoms with E-state index in [4.69, 9.17) is 26.2 Å². The van der Waals surface area contributed by atoms with Gasteiger partial charge in [0.15, 0.2) is 5.82 Å². The molecule has 5 rings (SSSR count). The lowest BCUT2D eigenvalue weighted by molar-refractivity contribution is -0.192. The van der Waals surface area contributed by atoms with Gasteiger partial charge in [-0.3, -0.25) is 14.2 Å². The topological polar surface area (TPSA) is 152 Å². The van der Waals surface area contributed by atoms with Crippen LogP contribution in [0.15, 0.2) is 58.8 Å². The van der Waals surface area contributed by atoms with Crippen LogP contribution in [0.5, 0.6) is 5.75 Å². The number of ether oxygens (including phenoxy) is 1. The zero-order valence-corrected chi connectivity index (χ0v) is 25.7. The summed E-state index contributed by atoms with van der Waals surface area (Å²) in [6.07, 6.45) is -5.91. The molecule has 1 fully saturated rings. The number of thiophene rings is 1. The number of nitrogens with one attached hydrogen (secondary N) is 3. The number of halogens is 5. The average molecular weight is 692 g/mol. The monoisotopic (exact) mass is 691 g/mol. The molecule has 0 saturated carbocycles. The zero-order valence-electron chi connectivity index (χ0n) is 23.3. The fraction of sp³-hybridized carbons (Fsp3) is 0.296. The SMILES string of the molecule is COc1cccc2c1c(NS(=O)(=O)c1ccc(Cl)s1)nn2Cc1cccc(CNC(=O)[C@@H]2C[C@@H](F)CN2)c1.O=C(O)C(F)(F)F. The second-order valence-corrected chi connectivity index (χ2v) is 13.3. The quantitative estimate of drug-likeness (QED) is 0.187. The highest BCUT2D eigenvalue weighted by Crippen LogP contribution is 2.35. The Kier molecular flexibility index (Phi) is 10.6. The van der Waals surface area contributed by atoms with Gasteiger partial charge in [0.05, 0.1) is 34.9 Å². The van der Waals surface area contributed by atoms with E-state index in [1.807, 2.05) is 36.4 Å². The number of aliphatic carboxylic acids is 1. The second kappa shape index (κ2) is 14.0. The number of nitrogens with zero attached hydrogens (tertiary/aromatic N) is 2. The van der Waals surface area contributed by atoms with Gasteiger partial charge in [-0.2, -0.15) is 18.3 Å². The van der Waals surface area contributed by atoms with Crippen molar-refractivity contribution >= 4 is 61.6 Å². The Morgan fingerprint density at radius 3 is 2.47 bits per heavy atom. The molecule has 4 N–H and O–H groups in total. The minimum absolute atomic E-state index is 0.0738. The van der Waals surface area contributed by atoms with E-state index < -0.39 is 34.4 Å². The number of anilines is 1. The molecule has 0 spiro atoms. The summed E-state index contributed by atoms with van der Waals surface area (Å²) < 4.78 is 81.3. The van der Waals surface area contributed by atoms with Gasteiger partial charge >= 0.3 is 12.1 Å². The molecule has 45 heavy (non-hydrogen) atoms. The van der Waals surface area contributed by atoms with Crippen molar-refractivity contribution in [3.05, 3.63) is 70.1 Å². The predicted molar refractivity (Wildman–Crippen MR) is 159 cm³/mol. The summed E-state index contributed by atoms with van der Waals surface area (Å²) in [6, 6.07) is 15.4. The number of benzene rings is 2. The van der Waals surface area contributed by atoms with Gasteiger partial charge in [-0.25, -0.2) is 17.6 Å². The number of carboxylic acid groups (broad SMARTS) is 1. The van der Waals surface area contributed by atoms with Crippen LogP contribution in [0.25, 0.3) is 10.9 Å². The van der Waals surface area contributed by atoms with Crippen molar-refractivity contribution in [3.8, 4) is 5.75 Å². The van der Waals surface area contributed by atoms with Crippen molar-refractivity contribution in [2.24, 2.45) is 0 Å². The molecule has 1 saturated heterocycles. The number of methoxy groups -OCH3 is 1. The molecular formula is C27H26ClF4N5O6S2. The summed E-state index contributed by atoms with van der Waals surface area (Å²) >= 11 is 6.89. The van der Waals surface area contributed by atoms with Crippen molar-refractivity contribution in [2.75, 3.05) is 18.4 Å². The fourth-order valence-corrected chi connectivity index (χ4v) is 6.89. The maximum Gasteiger partial charge on any atom is 0.490 e. The number of sulfonamides is 1. The molecule has 242 valence electrons. The van der Waals surface area contributed by atoms with Gasteiger partial charge < -0.3 is 20.5 Å². The van der Waals surface area contributed by atoms with Gasteiger partial charge in [0.25, 0.3) is 10.0 Å². The molecule has 4 aromatic rings. The van der Waals surface area contributed by atoms with Crippen molar-refractivity contribution in [2.45, 2.75) is 42.1 Å². The first-order valence-corrected chi connectivity index (χ1v) is 15.7. The first-order valence-electron chi connectivity index (χ1n) is 13.0. The van der Waals surface area contributed by atoms with Crippen LogP contribution < -0.4 is 20.1 Å². The van der Waals surface area contributed by atoms with Crippen molar-refractivity contribution in [1.29, 1.82) is 0 Å². The minimum Gasteiger partial charge on any atom is -0.496 e. The Morgan fingerprint density at radius 1 is 1.18 bits per heavy atom. The summed E-state index contributed by atoms with van der Waals surface area (Å²) in [5.74, 6) is -2.37. The van der Waals surface area contributed by atoms with Crippen molar-refractivity contribution in [3.63, 3.8) is 0 Å². The van der Waals surface area contributed by atoms with E-state index in [1.165, 1.54) is 19.2 Å². The van der Waals surface area contributed by atoms with Gasteiger partial charge in [0.2, 0.25) is 5.91 Å². The summed E-state index contributed by atoms with van der Waals surface area (Å²) in [6.45, 7) is 0.824. The van der Waals surface area contributed by atoms with Crippen molar-refractivity contribution in [1.82, 2.24) is 20.4 Å². The summed E-state index contributed by atoms with van der Waals surface area (Å²) in [5.41, 5.74) is 2.44. The smallest absolute Gasteiger partial charge is 0.490 e. The van der Waals surface area contributed by atoms with Crippen molar-refractivity contribution < 1.29 is 45.4 Å². The van der Waals surface area contributed by atoms with E-state index in [0.29, 0.717) is 34.1 Å². The number of hydrogen-bond donors (Lipinski definition) is 4. The number of aromatic nitrogens is 2. The molecule has 0 unspecified atom stereocenters. The number of carbonyl (C=O) groups excluding carboxylic acids is 1. The van der Waals surface area contributed by atoms with Crippen LogP contribution in [-0.4, -0.2) is 67.2 Å². The Balaban J connectivity index is 0.000000591.